The molecule has 2 aromatic heterocycles. The Morgan fingerprint density at radius 3 is 2.83 bits per heavy atom. The van der Waals surface area contributed by atoms with Gasteiger partial charge in [0.15, 0.2) is 5.65 Å². The number of anilines is 2. The fourth-order valence-electron chi connectivity index (χ4n) is 1.45. The van der Waals surface area contributed by atoms with Gasteiger partial charge in [0.2, 0.25) is 5.95 Å². The van der Waals surface area contributed by atoms with E-state index in [4.69, 9.17) is 0 Å². The average Bonchev–Trinajstić information content (AvgIpc) is 2.84. The lowest BCUT2D eigenvalue weighted by atomic mass is 10.2. The molecular weight excluding hydrogens is 248 g/mol. The molecule has 3 N–H and O–H groups in total. The molecule has 0 spiro atoms. The van der Waals surface area contributed by atoms with Crippen LogP contribution in [0.3, 0.4) is 0 Å². The molecule has 0 saturated heterocycles. The Hall–Kier alpha value is -1.50. The fourth-order valence-corrected chi connectivity index (χ4v) is 1.67. The predicted molar refractivity (Wildman–Crippen MR) is 77.3 cm³/mol. The number of fused-ring (bicyclic) bond motifs is 1. The minimum absolute atomic E-state index is 0.154. The summed E-state index contributed by atoms with van der Waals surface area (Å²) in [7, 11) is 1.80. The minimum atomic E-state index is 0.154. The molecule has 0 atom stereocenters. The number of nitrogens with zero attached hydrogens (tertiary/aromatic N) is 3. The molecule has 7 heteroatoms. The lowest BCUT2D eigenvalue weighted by molar-refractivity contribution is 0.751. The van der Waals surface area contributed by atoms with Crippen molar-refractivity contribution >= 4 is 34.6 Å². The highest BCUT2D eigenvalue weighted by Crippen LogP contribution is 2.24. The Kier molecular flexibility index (Phi) is 3.60. The molecule has 0 fully saturated rings. The van der Waals surface area contributed by atoms with Crippen molar-refractivity contribution in [3.05, 3.63) is 6.20 Å². The van der Waals surface area contributed by atoms with E-state index in [2.05, 4.69) is 50.9 Å². The molecule has 2 heterocycles. The van der Waals surface area contributed by atoms with Crippen LogP contribution in [0.5, 0.6) is 0 Å². The highest BCUT2D eigenvalue weighted by atomic mass is 32.2. The zero-order chi connectivity index (χ0) is 13.2. The highest BCUT2D eigenvalue weighted by molar-refractivity contribution is 7.99. The molecule has 0 aromatic carbocycles. The van der Waals surface area contributed by atoms with Gasteiger partial charge in [-0.15, -0.1) is 0 Å². The molecule has 0 unspecified atom stereocenters. The number of thioether (sulfide) groups is 1. The molecular formula is C11H18N6S. The third-order valence-electron chi connectivity index (χ3n) is 2.77. The maximum Gasteiger partial charge on any atom is 0.226 e. The van der Waals surface area contributed by atoms with Gasteiger partial charge < -0.3 is 10.6 Å². The van der Waals surface area contributed by atoms with Crippen LogP contribution in [-0.2, 0) is 0 Å². The quantitative estimate of drug-likeness (QED) is 0.767. The van der Waals surface area contributed by atoms with E-state index in [1.807, 2.05) is 11.8 Å². The van der Waals surface area contributed by atoms with Crippen molar-refractivity contribution in [2.45, 2.75) is 18.6 Å². The third kappa shape index (κ3) is 2.66. The number of aromatic nitrogens is 4. The average molecular weight is 266 g/mol. The molecule has 0 saturated carbocycles. The summed E-state index contributed by atoms with van der Waals surface area (Å²) in [6, 6.07) is 0. The topological polar surface area (TPSA) is 78.5 Å². The second-order valence-corrected chi connectivity index (χ2v) is 6.11. The molecule has 2 aromatic rings. The number of hydrogen-bond donors (Lipinski definition) is 3. The van der Waals surface area contributed by atoms with Crippen LogP contribution in [0.25, 0.3) is 11.0 Å². The second-order valence-electron chi connectivity index (χ2n) is 4.60. The summed E-state index contributed by atoms with van der Waals surface area (Å²) < 4.78 is 0.154. The van der Waals surface area contributed by atoms with Gasteiger partial charge in [0.05, 0.1) is 11.6 Å². The molecule has 0 aliphatic carbocycles. The van der Waals surface area contributed by atoms with Gasteiger partial charge in [-0.25, -0.2) is 0 Å². The van der Waals surface area contributed by atoms with Gasteiger partial charge >= 0.3 is 0 Å². The fraction of sp³-hybridized carbons (Fsp3) is 0.545. The molecule has 2 rings (SSSR count). The van der Waals surface area contributed by atoms with Crippen molar-refractivity contribution in [2.75, 3.05) is 30.5 Å². The lowest BCUT2D eigenvalue weighted by Crippen LogP contribution is -2.26. The van der Waals surface area contributed by atoms with Crippen LogP contribution in [0.15, 0.2) is 6.20 Å². The van der Waals surface area contributed by atoms with Crippen LogP contribution < -0.4 is 10.6 Å². The van der Waals surface area contributed by atoms with E-state index >= 15 is 0 Å². The molecule has 0 amide bonds. The molecule has 0 radical (unpaired) electrons. The Bertz CT molecular complexity index is 535. The molecule has 98 valence electrons. The number of rotatable bonds is 5. The Labute approximate surface area is 110 Å². The molecule has 0 aliphatic heterocycles. The largest absolute Gasteiger partial charge is 0.368 e. The van der Waals surface area contributed by atoms with Gasteiger partial charge in [0.25, 0.3) is 0 Å². The van der Waals surface area contributed by atoms with Gasteiger partial charge in [-0.05, 0) is 20.1 Å². The molecule has 0 aliphatic rings. The van der Waals surface area contributed by atoms with Crippen molar-refractivity contribution in [3.63, 3.8) is 0 Å². The van der Waals surface area contributed by atoms with Gasteiger partial charge in [-0.2, -0.15) is 26.8 Å². The van der Waals surface area contributed by atoms with Crippen molar-refractivity contribution < 1.29 is 0 Å². The first-order valence-corrected chi connectivity index (χ1v) is 6.96. The van der Waals surface area contributed by atoms with E-state index in [0.717, 1.165) is 23.4 Å². The minimum Gasteiger partial charge on any atom is -0.368 e. The normalized spacial score (nSPS) is 11.8. The van der Waals surface area contributed by atoms with Crippen molar-refractivity contribution in [1.82, 2.24) is 20.2 Å². The summed E-state index contributed by atoms with van der Waals surface area (Å²) in [6.45, 7) is 5.21. The third-order valence-corrected chi connectivity index (χ3v) is 4.02. The van der Waals surface area contributed by atoms with E-state index in [1.54, 1.807) is 13.2 Å². The van der Waals surface area contributed by atoms with Crippen molar-refractivity contribution in [3.8, 4) is 0 Å². The molecule has 0 bridgehead atoms. The summed E-state index contributed by atoms with van der Waals surface area (Å²) in [5.41, 5.74) is 0.735. The maximum absolute atomic E-state index is 4.43. The van der Waals surface area contributed by atoms with Crippen LogP contribution >= 0.6 is 11.8 Å². The molecule has 18 heavy (non-hydrogen) atoms. The van der Waals surface area contributed by atoms with Gasteiger partial charge in [0, 0.05) is 18.3 Å². The zero-order valence-corrected chi connectivity index (χ0v) is 11.9. The van der Waals surface area contributed by atoms with Gasteiger partial charge in [-0.3, -0.25) is 5.10 Å². The first kappa shape index (κ1) is 12.9. The van der Waals surface area contributed by atoms with E-state index in [1.165, 1.54) is 0 Å². The zero-order valence-electron chi connectivity index (χ0n) is 11.0. The summed E-state index contributed by atoms with van der Waals surface area (Å²) in [6.07, 6.45) is 3.84. The van der Waals surface area contributed by atoms with Crippen LogP contribution in [-0.4, -0.2) is 44.8 Å². The van der Waals surface area contributed by atoms with E-state index in [9.17, 15) is 0 Å². The smallest absolute Gasteiger partial charge is 0.226 e. The first-order valence-electron chi connectivity index (χ1n) is 5.73. The number of hydrogen-bond acceptors (Lipinski definition) is 6. The maximum atomic E-state index is 4.43. The Balaban J connectivity index is 2.28. The summed E-state index contributed by atoms with van der Waals surface area (Å²) in [4.78, 5) is 8.72. The van der Waals surface area contributed by atoms with E-state index < -0.39 is 0 Å². The second kappa shape index (κ2) is 5.01. The standard InChI is InChI=1S/C11H18N6S/c1-11(2,18-4)6-13-8-7-5-14-17-9(7)16-10(12-3)15-8/h5H,6H2,1-4H3,(H3,12,13,14,15,16,17). The Morgan fingerprint density at radius 1 is 1.39 bits per heavy atom. The van der Waals surface area contributed by atoms with Crippen LogP contribution in [0.1, 0.15) is 13.8 Å². The van der Waals surface area contributed by atoms with Crippen molar-refractivity contribution in [2.24, 2.45) is 0 Å². The molecule has 6 nitrogen and oxygen atoms in total. The van der Waals surface area contributed by atoms with Crippen LogP contribution in [0.4, 0.5) is 11.8 Å². The van der Waals surface area contributed by atoms with Crippen LogP contribution in [0, 0.1) is 0 Å². The van der Waals surface area contributed by atoms with E-state index in [-0.39, 0.29) is 4.75 Å². The lowest BCUT2D eigenvalue weighted by Gasteiger charge is -2.22. The predicted octanol–water partition coefficient (Wildman–Crippen LogP) is 1.95. The number of H-pyrrole nitrogens is 1. The summed E-state index contributed by atoms with van der Waals surface area (Å²) >= 11 is 1.82. The summed E-state index contributed by atoms with van der Waals surface area (Å²) in [5.74, 6) is 1.39. The monoisotopic (exact) mass is 266 g/mol. The SMILES string of the molecule is CNc1nc(NCC(C)(C)SC)c2cn[nH]c2n1. The Morgan fingerprint density at radius 2 is 2.17 bits per heavy atom. The number of nitrogens with one attached hydrogen (secondary N) is 3. The van der Waals surface area contributed by atoms with Gasteiger partial charge in [-0.1, -0.05) is 0 Å². The van der Waals surface area contributed by atoms with Crippen LogP contribution in [0.2, 0.25) is 0 Å². The summed E-state index contributed by atoms with van der Waals surface area (Å²) in [5, 5.41) is 14.1. The van der Waals surface area contributed by atoms with Crippen molar-refractivity contribution in [1.29, 1.82) is 0 Å². The highest BCUT2D eigenvalue weighted by Gasteiger charge is 2.17. The number of aromatic amines is 1. The first-order chi connectivity index (χ1) is 8.55. The van der Waals surface area contributed by atoms with Gasteiger partial charge in [0.1, 0.15) is 5.82 Å². The van der Waals surface area contributed by atoms with E-state index in [0.29, 0.717) is 5.95 Å².